The average molecular weight is 395 g/mol. The summed E-state index contributed by atoms with van der Waals surface area (Å²) < 4.78 is 5.23. The third-order valence-corrected chi connectivity index (χ3v) is 5.39. The van der Waals surface area contributed by atoms with Crippen molar-refractivity contribution in [3.8, 4) is 0 Å². The zero-order chi connectivity index (χ0) is 20.9. The van der Waals surface area contributed by atoms with E-state index in [1.165, 1.54) is 5.56 Å². The van der Waals surface area contributed by atoms with Crippen LogP contribution in [-0.2, 0) is 21.5 Å². The molecule has 5 heteroatoms. The first-order chi connectivity index (χ1) is 13.8. The number of amides is 2. The van der Waals surface area contributed by atoms with Crippen molar-refractivity contribution in [1.82, 2.24) is 10.2 Å². The Labute approximate surface area is 172 Å². The Bertz CT molecular complexity index is 837. The lowest BCUT2D eigenvalue weighted by molar-refractivity contribution is -0.132. The lowest BCUT2D eigenvalue weighted by atomic mass is 9.87. The molecule has 0 unspecified atom stereocenters. The number of nitrogens with zero attached hydrogens (tertiary/aromatic N) is 1. The van der Waals surface area contributed by atoms with E-state index < -0.39 is 0 Å². The summed E-state index contributed by atoms with van der Waals surface area (Å²) in [5, 5.41) is 2.91. The van der Waals surface area contributed by atoms with Gasteiger partial charge in [0.05, 0.1) is 12.8 Å². The zero-order valence-electron chi connectivity index (χ0n) is 17.5. The van der Waals surface area contributed by atoms with Crippen molar-refractivity contribution in [2.75, 3.05) is 13.1 Å². The van der Waals surface area contributed by atoms with E-state index in [1.807, 2.05) is 29.2 Å². The Morgan fingerprint density at radius 3 is 2.41 bits per heavy atom. The highest BCUT2D eigenvalue weighted by atomic mass is 16.3. The molecule has 1 aliphatic heterocycles. The van der Waals surface area contributed by atoms with E-state index in [-0.39, 0.29) is 23.1 Å². The lowest BCUT2D eigenvalue weighted by Crippen LogP contribution is -2.42. The van der Waals surface area contributed by atoms with Crippen molar-refractivity contribution in [2.45, 2.75) is 45.6 Å². The second-order valence-corrected chi connectivity index (χ2v) is 8.60. The van der Waals surface area contributed by atoms with Gasteiger partial charge in [-0.25, -0.2) is 0 Å². The molecule has 2 amide bonds. The summed E-state index contributed by atoms with van der Waals surface area (Å²) in [6.07, 6.45) is 6.45. The Morgan fingerprint density at radius 2 is 1.83 bits per heavy atom. The molecule has 0 radical (unpaired) electrons. The van der Waals surface area contributed by atoms with Gasteiger partial charge in [-0.15, -0.1) is 0 Å². The van der Waals surface area contributed by atoms with E-state index in [2.05, 4.69) is 38.2 Å². The second-order valence-electron chi connectivity index (χ2n) is 8.60. The van der Waals surface area contributed by atoms with Crippen LogP contribution in [0.4, 0.5) is 0 Å². The summed E-state index contributed by atoms with van der Waals surface area (Å²) in [5.74, 6) is 0.719. The van der Waals surface area contributed by atoms with Crippen molar-refractivity contribution in [3.05, 3.63) is 65.6 Å². The highest BCUT2D eigenvalue weighted by molar-refractivity contribution is 5.92. The lowest BCUT2D eigenvalue weighted by Gasteiger charge is -2.30. The minimum atomic E-state index is -0.0528. The van der Waals surface area contributed by atoms with Gasteiger partial charge in [0.15, 0.2) is 0 Å². The number of nitrogens with one attached hydrogen (secondary N) is 1. The molecule has 1 N–H and O–H groups in total. The summed E-state index contributed by atoms with van der Waals surface area (Å²) >= 11 is 0. The predicted octanol–water partition coefficient (Wildman–Crippen LogP) is 4.15. The summed E-state index contributed by atoms with van der Waals surface area (Å²) in [4.78, 5) is 26.6. The molecule has 0 spiro atoms. The normalized spacial score (nSPS) is 15.6. The maximum absolute atomic E-state index is 12.5. The number of furan rings is 1. The Morgan fingerprint density at radius 1 is 1.14 bits per heavy atom. The van der Waals surface area contributed by atoms with Crippen molar-refractivity contribution in [2.24, 2.45) is 5.92 Å². The van der Waals surface area contributed by atoms with Crippen molar-refractivity contribution in [3.63, 3.8) is 0 Å². The molecule has 0 atom stereocenters. The first kappa shape index (κ1) is 20.9. The maximum atomic E-state index is 12.5. The van der Waals surface area contributed by atoms with Crippen molar-refractivity contribution >= 4 is 17.9 Å². The van der Waals surface area contributed by atoms with Gasteiger partial charge >= 0.3 is 0 Å². The molecule has 3 rings (SSSR count). The number of likely N-dealkylation sites (tertiary alicyclic amines) is 1. The van der Waals surface area contributed by atoms with Crippen LogP contribution in [0.15, 0.2) is 53.2 Å². The highest BCUT2D eigenvalue weighted by Crippen LogP contribution is 2.23. The van der Waals surface area contributed by atoms with Crippen LogP contribution in [0.2, 0.25) is 0 Å². The van der Waals surface area contributed by atoms with E-state index in [1.54, 1.807) is 18.4 Å². The number of carbonyl (C=O) groups is 2. The zero-order valence-corrected chi connectivity index (χ0v) is 17.5. The monoisotopic (exact) mass is 394 g/mol. The summed E-state index contributed by atoms with van der Waals surface area (Å²) in [7, 11) is 0. The smallest absolute Gasteiger partial charge is 0.246 e. The fourth-order valence-corrected chi connectivity index (χ4v) is 3.46. The molecular formula is C24H30N2O3. The van der Waals surface area contributed by atoms with E-state index in [0.717, 1.165) is 11.3 Å². The topological polar surface area (TPSA) is 62.6 Å². The first-order valence-corrected chi connectivity index (χ1v) is 10.2. The predicted molar refractivity (Wildman–Crippen MR) is 114 cm³/mol. The van der Waals surface area contributed by atoms with Crippen LogP contribution in [0.5, 0.6) is 0 Å². The molecule has 0 saturated carbocycles. The molecule has 154 valence electrons. The van der Waals surface area contributed by atoms with E-state index in [0.29, 0.717) is 32.5 Å². The fraction of sp³-hybridized carbons (Fsp3) is 0.417. The fourth-order valence-electron chi connectivity index (χ4n) is 3.46. The molecule has 0 bridgehead atoms. The van der Waals surface area contributed by atoms with Crippen LogP contribution < -0.4 is 5.32 Å². The van der Waals surface area contributed by atoms with Gasteiger partial charge in [0.1, 0.15) is 5.76 Å². The largest absolute Gasteiger partial charge is 0.467 e. The number of piperidine rings is 1. The van der Waals surface area contributed by atoms with Crippen LogP contribution >= 0.6 is 0 Å². The van der Waals surface area contributed by atoms with Gasteiger partial charge in [-0.3, -0.25) is 9.59 Å². The molecule has 5 nitrogen and oxygen atoms in total. The molecule has 1 aromatic carbocycles. The van der Waals surface area contributed by atoms with Gasteiger partial charge in [0.25, 0.3) is 0 Å². The molecule has 2 heterocycles. The van der Waals surface area contributed by atoms with Crippen LogP contribution in [0.3, 0.4) is 0 Å². The van der Waals surface area contributed by atoms with E-state index in [9.17, 15) is 9.59 Å². The molecular weight excluding hydrogens is 364 g/mol. The van der Waals surface area contributed by atoms with Gasteiger partial charge in [0.2, 0.25) is 11.8 Å². The maximum Gasteiger partial charge on any atom is 0.246 e. The quantitative estimate of drug-likeness (QED) is 0.775. The molecule has 0 aliphatic carbocycles. The van der Waals surface area contributed by atoms with E-state index >= 15 is 0 Å². The number of hydrogen-bond donors (Lipinski definition) is 1. The highest BCUT2D eigenvalue weighted by Gasteiger charge is 2.26. The van der Waals surface area contributed by atoms with Gasteiger partial charge < -0.3 is 14.6 Å². The average Bonchev–Trinajstić information content (AvgIpc) is 3.23. The first-order valence-electron chi connectivity index (χ1n) is 10.2. The van der Waals surface area contributed by atoms with Gasteiger partial charge in [-0.05, 0) is 47.6 Å². The Hall–Kier alpha value is -2.82. The molecule has 1 saturated heterocycles. The molecule has 1 aromatic heterocycles. The Kier molecular flexibility index (Phi) is 6.57. The van der Waals surface area contributed by atoms with Crippen LogP contribution in [-0.4, -0.2) is 29.8 Å². The van der Waals surface area contributed by atoms with Crippen LogP contribution in [0.1, 0.15) is 50.5 Å². The minimum Gasteiger partial charge on any atom is -0.467 e. The van der Waals surface area contributed by atoms with Crippen molar-refractivity contribution < 1.29 is 14.0 Å². The summed E-state index contributed by atoms with van der Waals surface area (Å²) in [6, 6.07) is 11.9. The molecule has 1 fully saturated rings. The van der Waals surface area contributed by atoms with Crippen LogP contribution in [0.25, 0.3) is 6.08 Å². The standard InChI is InChI=1S/C24H30N2O3/c1-24(2,3)20-9-6-18(7-10-20)8-11-22(27)26-14-12-19(13-15-26)23(28)25-17-21-5-4-16-29-21/h4-11,16,19H,12-15,17H2,1-3H3,(H,25,28)/b11-8+. The third kappa shape index (κ3) is 5.83. The SMILES string of the molecule is CC(C)(C)c1ccc(/C=C/C(=O)N2CCC(C(=O)NCc3ccco3)CC2)cc1. The van der Waals surface area contributed by atoms with Gasteiger partial charge in [-0.1, -0.05) is 45.0 Å². The van der Waals surface area contributed by atoms with E-state index in [4.69, 9.17) is 4.42 Å². The van der Waals surface area contributed by atoms with Crippen molar-refractivity contribution in [1.29, 1.82) is 0 Å². The molecule has 1 aliphatic rings. The minimum absolute atomic E-state index is 0.000610. The molecule has 29 heavy (non-hydrogen) atoms. The third-order valence-electron chi connectivity index (χ3n) is 5.39. The van der Waals surface area contributed by atoms with Crippen LogP contribution in [0, 0.1) is 5.92 Å². The number of carbonyl (C=O) groups excluding carboxylic acids is 2. The van der Waals surface area contributed by atoms with Gasteiger partial charge in [-0.2, -0.15) is 0 Å². The Balaban J connectivity index is 1.45. The number of rotatable bonds is 5. The molecule has 2 aromatic rings. The number of benzene rings is 1. The summed E-state index contributed by atoms with van der Waals surface area (Å²) in [6.45, 7) is 8.16. The number of hydrogen-bond acceptors (Lipinski definition) is 3. The second kappa shape index (κ2) is 9.12. The summed E-state index contributed by atoms with van der Waals surface area (Å²) in [5.41, 5.74) is 2.40. The van der Waals surface area contributed by atoms with Gasteiger partial charge in [0, 0.05) is 25.1 Å².